The normalized spacial score (nSPS) is 18.0. The fraction of sp³-hybridized carbons (Fsp3) is 0.611. The summed E-state index contributed by atoms with van der Waals surface area (Å²) in [5, 5.41) is 2.95. The molecule has 1 aromatic rings. The Bertz CT molecular complexity index is 553. The van der Waals surface area contributed by atoms with Crippen molar-refractivity contribution in [3.8, 4) is 0 Å². The van der Waals surface area contributed by atoms with Crippen LogP contribution in [0.1, 0.15) is 69.1 Å². The van der Waals surface area contributed by atoms with Gasteiger partial charge in [-0.3, -0.25) is 5.32 Å². The maximum atomic E-state index is 12.0. The average molecular weight is 287 g/mol. The highest BCUT2D eigenvalue weighted by atomic mass is 16.6. The summed E-state index contributed by atoms with van der Waals surface area (Å²) in [5.74, 6) is 0.771. The molecule has 0 aliphatic heterocycles. The van der Waals surface area contributed by atoms with Crippen molar-refractivity contribution >= 4 is 11.8 Å². The van der Waals surface area contributed by atoms with E-state index in [9.17, 15) is 4.79 Å². The second kappa shape index (κ2) is 5.36. The lowest BCUT2D eigenvalue weighted by atomic mass is 9.85. The third-order valence-corrected chi connectivity index (χ3v) is 4.22. The van der Waals surface area contributed by atoms with Gasteiger partial charge in [-0.05, 0) is 88.0 Å². The van der Waals surface area contributed by atoms with Crippen molar-refractivity contribution in [2.75, 3.05) is 5.32 Å². The van der Waals surface area contributed by atoms with Gasteiger partial charge in [-0.2, -0.15) is 0 Å². The first-order valence-electron chi connectivity index (χ1n) is 8.09. The van der Waals surface area contributed by atoms with Gasteiger partial charge in [0.05, 0.1) is 0 Å². The SMILES string of the molecule is CC(C)(C)OC(=O)Nc1ccc(C2CC2)c2c1CCCC2. The van der Waals surface area contributed by atoms with Crippen molar-refractivity contribution < 1.29 is 9.53 Å². The van der Waals surface area contributed by atoms with E-state index in [4.69, 9.17) is 4.74 Å². The average Bonchev–Trinajstić information content (AvgIpc) is 3.21. The Hall–Kier alpha value is -1.51. The van der Waals surface area contributed by atoms with E-state index in [2.05, 4.69) is 17.4 Å². The van der Waals surface area contributed by atoms with Gasteiger partial charge in [0.2, 0.25) is 0 Å². The van der Waals surface area contributed by atoms with Gasteiger partial charge in [0.15, 0.2) is 0 Å². The molecule has 2 aliphatic rings. The lowest BCUT2D eigenvalue weighted by molar-refractivity contribution is 0.0636. The number of carbonyl (C=O) groups excluding carboxylic acids is 1. The molecule has 0 atom stereocenters. The molecule has 3 rings (SSSR count). The largest absolute Gasteiger partial charge is 0.444 e. The van der Waals surface area contributed by atoms with Crippen molar-refractivity contribution in [2.24, 2.45) is 0 Å². The Morgan fingerprint density at radius 3 is 2.43 bits per heavy atom. The monoisotopic (exact) mass is 287 g/mol. The van der Waals surface area contributed by atoms with Crippen molar-refractivity contribution in [1.82, 2.24) is 0 Å². The molecule has 1 aromatic carbocycles. The molecule has 2 aliphatic carbocycles. The first kappa shape index (κ1) is 14.4. The zero-order chi connectivity index (χ0) is 15.0. The van der Waals surface area contributed by atoms with E-state index in [0.717, 1.165) is 24.4 Å². The van der Waals surface area contributed by atoms with Crippen LogP contribution in [-0.2, 0) is 17.6 Å². The van der Waals surface area contributed by atoms with E-state index in [1.807, 2.05) is 20.8 Å². The summed E-state index contributed by atoms with van der Waals surface area (Å²) in [6.07, 6.45) is 7.00. The highest BCUT2D eigenvalue weighted by molar-refractivity contribution is 5.86. The number of fused-ring (bicyclic) bond motifs is 1. The Morgan fingerprint density at radius 1 is 1.14 bits per heavy atom. The number of benzene rings is 1. The van der Waals surface area contributed by atoms with Gasteiger partial charge in [-0.25, -0.2) is 4.79 Å². The molecule has 3 heteroatoms. The minimum Gasteiger partial charge on any atom is -0.444 e. The number of rotatable bonds is 2. The Morgan fingerprint density at radius 2 is 1.81 bits per heavy atom. The number of nitrogens with one attached hydrogen (secondary N) is 1. The van der Waals surface area contributed by atoms with Gasteiger partial charge < -0.3 is 4.74 Å². The molecule has 3 nitrogen and oxygen atoms in total. The predicted molar refractivity (Wildman–Crippen MR) is 84.9 cm³/mol. The van der Waals surface area contributed by atoms with Crippen LogP contribution in [0.5, 0.6) is 0 Å². The third-order valence-electron chi connectivity index (χ3n) is 4.22. The fourth-order valence-corrected chi connectivity index (χ4v) is 3.20. The lowest BCUT2D eigenvalue weighted by Gasteiger charge is -2.24. The zero-order valence-corrected chi connectivity index (χ0v) is 13.3. The van der Waals surface area contributed by atoms with Crippen LogP contribution in [0.15, 0.2) is 12.1 Å². The standard InChI is InChI=1S/C18H25NO2/c1-18(2,3)21-17(20)19-16-11-10-13(12-8-9-12)14-6-4-5-7-15(14)16/h10-12H,4-9H2,1-3H3,(H,19,20). The molecule has 114 valence electrons. The molecule has 0 saturated heterocycles. The van der Waals surface area contributed by atoms with E-state index in [-0.39, 0.29) is 6.09 Å². The van der Waals surface area contributed by atoms with Crippen LogP contribution in [0.4, 0.5) is 10.5 Å². The molecule has 1 saturated carbocycles. The zero-order valence-electron chi connectivity index (χ0n) is 13.3. The van der Waals surface area contributed by atoms with E-state index in [1.165, 1.54) is 42.4 Å². The first-order valence-corrected chi connectivity index (χ1v) is 8.09. The molecule has 1 amide bonds. The molecule has 1 fully saturated rings. The highest BCUT2D eigenvalue weighted by Crippen LogP contribution is 2.45. The van der Waals surface area contributed by atoms with Crippen LogP contribution in [0.25, 0.3) is 0 Å². The third kappa shape index (κ3) is 3.39. The minimum atomic E-state index is -0.460. The summed E-state index contributed by atoms with van der Waals surface area (Å²) in [6, 6.07) is 4.29. The van der Waals surface area contributed by atoms with Crippen LogP contribution < -0.4 is 5.32 Å². The fourth-order valence-electron chi connectivity index (χ4n) is 3.20. The molecule has 0 bridgehead atoms. The van der Waals surface area contributed by atoms with Crippen molar-refractivity contribution in [3.05, 3.63) is 28.8 Å². The van der Waals surface area contributed by atoms with Gasteiger partial charge in [-0.15, -0.1) is 0 Å². The Balaban J connectivity index is 1.84. The van der Waals surface area contributed by atoms with E-state index in [1.54, 1.807) is 0 Å². The number of hydrogen-bond donors (Lipinski definition) is 1. The molecule has 0 radical (unpaired) electrons. The van der Waals surface area contributed by atoms with Crippen LogP contribution >= 0.6 is 0 Å². The lowest BCUT2D eigenvalue weighted by Crippen LogP contribution is -2.27. The smallest absolute Gasteiger partial charge is 0.412 e. The van der Waals surface area contributed by atoms with Crippen LogP contribution in [0.3, 0.4) is 0 Å². The summed E-state index contributed by atoms with van der Waals surface area (Å²) in [5.41, 5.74) is 4.86. The maximum absolute atomic E-state index is 12.0. The quantitative estimate of drug-likeness (QED) is 0.849. The predicted octanol–water partition coefficient (Wildman–Crippen LogP) is 4.79. The summed E-state index contributed by atoms with van der Waals surface area (Å²) in [6.45, 7) is 5.66. The topological polar surface area (TPSA) is 38.3 Å². The number of amides is 1. The summed E-state index contributed by atoms with van der Waals surface area (Å²) >= 11 is 0. The van der Waals surface area contributed by atoms with E-state index >= 15 is 0 Å². The maximum Gasteiger partial charge on any atom is 0.412 e. The highest BCUT2D eigenvalue weighted by Gasteiger charge is 2.29. The Kier molecular flexibility index (Phi) is 3.68. The second-order valence-corrected chi connectivity index (χ2v) is 7.27. The number of ether oxygens (including phenoxy) is 1. The number of carbonyl (C=O) groups is 1. The first-order chi connectivity index (χ1) is 9.94. The van der Waals surface area contributed by atoms with Gasteiger partial charge >= 0.3 is 6.09 Å². The molecule has 0 aromatic heterocycles. The van der Waals surface area contributed by atoms with Gasteiger partial charge in [0, 0.05) is 5.69 Å². The summed E-state index contributed by atoms with van der Waals surface area (Å²) in [4.78, 5) is 12.0. The van der Waals surface area contributed by atoms with E-state index in [0.29, 0.717) is 0 Å². The summed E-state index contributed by atoms with van der Waals surface area (Å²) < 4.78 is 5.37. The van der Waals surface area contributed by atoms with Crippen molar-refractivity contribution in [3.63, 3.8) is 0 Å². The molecule has 0 heterocycles. The van der Waals surface area contributed by atoms with Crippen molar-refractivity contribution in [2.45, 2.75) is 70.8 Å². The molecular weight excluding hydrogens is 262 g/mol. The molecule has 21 heavy (non-hydrogen) atoms. The van der Waals surface area contributed by atoms with Crippen molar-refractivity contribution in [1.29, 1.82) is 0 Å². The van der Waals surface area contributed by atoms with E-state index < -0.39 is 5.60 Å². The molecule has 0 unspecified atom stereocenters. The molecular formula is C18H25NO2. The van der Waals surface area contributed by atoms with Crippen LogP contribution in [-0.4, -0.2) is 11.7 Å². The summed E-state index contributed by atoms with van der Waals surface area (Å²) in [7, 11) is 0. The molecule has 0 spiro atoms. The van der Waals surface area contributed by atoms with Gasteiger partial charge in [0.1, 0.15) is 5.60 Å². The Labute approximate surface area is 127 Å². The second-order valence-electron chi connectivity index (χ2n) is 7.27. The molecule has 1 N–H and O–H groups in total. The number of hydrogen-bond acceptors (Lipinski definition) is 2. The minimum absolute atomic E-state index is 0.352. The number of anilines is 1. The van der Waals surface area contributed by atoms with Crippen LogP contribution in [0.2, 0.25) is 0 Å². The van der Waals surface area contributed by atoms with Crippen LogP contribution in [0, 0.1) is 0 Å². The van der Waals surface area contributed by atoms with Gasteiger partial charge in [-0.1, -0.05) is 6.07 Å². The van der Waals surface area contributed by atoms with Gasteiger partial charge in [0.25, 0.3) is 0 Å².